The van der Waals surface area contributed by atoms with Gasteiger partial charge < -0.3 is 0 Å². The summed E-state index contributed by atoms with van der Waals surface area (Å²) < 4.78 is 125. The zero-order valence-electron chi connectivity index (χ0n) is 19.6. The molecule has 0 saturated heterocycles. The molecule has 0 saturated carbocycles. The van der Waals surface area contributed by atoms with Gasteiger partial charge in [-0.3, -0.25) is 29.0 Å². The van der Waals surface area contributed by atoms with Gasteiger partial charge in [-0.1, -0.05) is 0 Å². The molecule has 4 amide bonds. The van der Waals surface area contributed by atoms with Crippen LogP contribution in [0, 0.1) is 46.5 Å². The van der Waals surface area contributed by atoms with Crippen LogP contribution in [0.4, 0.5) is 35.1 Å². The largest absolute Gasteiger partial charge is 0.277 e. The lowest BCUT2D eigenvalue weighted by Crippen LogP contribution is -2.39. The summed E-state index contributed by atoms with van der Waals surface area (Å²) in [6, 6.07) is 0. The number of fused-ring (bicyclic) bond motifs is 2. The minimum Gasteiger partial charge on any atom is -0.277 e. The molecule has 0 fully saturated rings. The second kappa shape index (κ2) is 7.00. The van der Waals surface area contributed by atoms with Crippen LogP contribution in [0.15, 0.2) is 0 Å². The van der Waals surface area contributed by atoms with E-state index in [0.717, 1.165) is 14.1 Å². The number of carbonyl (C=O) groups excluding carboxylic acids is 4. The van der Waals surface area contributed by atoms with Gasteiger partial charge in [0.15, 0.2) is 46.5 Å². The van der Waals surface area contributed by atoms with Gasteiger partial charge in [0, 0.05) is 57.2 Å². The normalized spacial score (nSPS) is 15.3. The third-order valence-electron chi connectivity index (χ3n) is 7.60. The molecule has 0 atom stereocenters. The van der Waals surface area contributed by atoms with Gasteiger partial charge in [0.2, 0.25) is 0 Å². The van der Waals surface area contributed by atoms with Gasteiger partial charge in [-0.2, -0.15) is 0 Å². The Labute approximate surface area is 214 Å². The molecule has 0 spiro atoms. The highest BCUT2D eigenvalue weighted by molar-refractivity contribution is 6.41. The van der Waals surface area contributed by atoms with Gasteiger partial charge in [-0.25, -0.2) is 35.1 Å². The number of hydrogen-bond acceptors (Lipinski definition) is 4. The Balaban J connectivity index is 1.98. The van der Waals surface area contributed by atoms with Crippen LogP contribution in [-0.4, -0.2) is 47.5 Å². The molecule has 5 aromatic carbocycles. The highest BCUT2D eigenvalue weighted by Crippen LogP contribution is 2.51. The molecular formula is C26H6F8N2O4. The van der Waals surface area contributed by atoms with Crippen LogP contribution < -0.4 is 0 Å². The third kappa shape index (κ3) is 2.25. The van der Waals surface area contributed by atoms with Crippen LogP contribution in [0.3, 0.4) is 0 Å². The quantitative estimate of drug-likeness (QED) is 0.111. The predicted octanol–water partition coefficient (Wildman–Crippen LogP) is 5.30. The highest BCUT2D eigenvalue weighted by Gasteiger charge is 2.44. The fourth-order valence-corrected chi connectivity index (χ4v) is 5.85. The van der Waals surface area contributed by atoms with Crippen LogP contribution in [0.2, 0.25) is 0 Å². The number of amides is 4. The molecule has 7 rings (SSSR count). The fraction of sp³-hybridized carbons (Fsp3) is 0.0769. The molecule has 0 aliphatic carbocycles. The molecule has 0 aromatic heterocycles. The van der Waals surface area contributed by atoms with Gasteiger partial charge >= 0.3 is 0 Å². The van der Waals surface area contributed by atoms with Crippen molar-refractivity contribution < 1.29 is 54.3 Å². The van der Waals surface area contributed by atoms with E-state index in [2.05, 4.69) is 0 Å². The SMILES string of the molecule is CN1C(=O)c2c(F)c(F)c3c4c(F)c(F)c5c6c(c(F)c(F)c(c7c(F)c(F)c(c2c37)C1=O)c64)C(=O)N(C)C5=O. The lowest BCUT2D eigenvalue weighted by Gasteiger charge is -2.29. The van der Waals surface area contributed by atoms with Crippen molar-refractivity contribution >= 4 is 66.7 Å². The van der Waals surface area contributed by atoms with E-state index in [0.29, 0.717) is 0 Å². The van der Waals surface area contributed by atoms with E-state index in [4.69, 9.17) is 0 Å². The number of hydrogen-bond donors (Lipinski definition) is 0. The third-order valence-corrected chi connectivity index (χ3v) is 7.60. The average Bonchev–Trinajstić information content (AvgIpc) is 2.92. The lowest BCUT2D eigenvalue weighted by atomic mass is 9.80. The number of rotatable bonds is 0. The van der Waals surface area contributed by atoms with E-state index < -0.39 is 136 Å². The molecule has 2 aliphatic heterocycles. The Morgan fingerprint density at radius 2 is 0.525 bits per heavy atom. The Morgan fingerprint density at radius 3 is 0.725 bits per heavy atom. The standard InChI is InChI=1S/C26H6F8N2O4/c1-35-23(37)11-5-3-7(15(27)19(11)31)9-4-6-13(21(33)17(9)29)25(39)36(2)26(40)14(6)22(34)18(30)10(4)8(3)16(28)20(32)12(5)24(35)38/h1-2H3. The topological polar surface area (TPSA) is 74.8 Å². The van der Waals surface area contributed by atoms with Crippen molar-refractivity contribution in [3.05, 3.63) is 68.8 Å². The van der Waals surface area contributed by atoms with Gasteiger partial charge in [0.1, 0.15) is 0 Å². The molecular weight excluding hydrogens is 556 g/mol. The highest BCUT2D eigenvalue weighted by atomic mass is 19.2. The van der Waals surface area contributed by atoms with Crippen molar-refractivity contribution in [1.82, 2.24) is 9.80 Å². The van der Waals surface area contributed by atoms with Crippen molar-refractivity contribution in [3.63, 3.8) is 0 Å². The van der Waals surface area contributed by atoms with Gasteiger partial charge in [0.25, 0.3) is 23.6 Å². The van der Waals surface area contributed by atoms with Gasteiger partial charge in [-0.05, 0) is 0 Å². The van der Waals surface area contributed by atoms with E-state index in [-0.39, 0.29) is 9.80 Å². The van der Waals surface area contributed by atoms with Crippen LogP contribution in [0.1, 0.15) is 41.4 Å². The summed E-state index contributed by atoms with van der Waals surface area (Å²) in [6.45, 7) is 0. The molecule has 200 valence electrons. The Hall–Kier alpha value is -4.88. The average molecular weight is 562 g/mol. The summed E-state index contributed by atoms with van der Waals surface area (Å²) >= 11 is 0. The monoisotopic (exact) mass is 562 g/mol. The zero-order chi connectivity index (χ0) is 29.0. The summed E-state index contributed by atoms with van der Waals surface area (Å²) in [5.41, 5.74) is -5.18. The molecule has 5 aromatic rings. The first kappa shape index (κ1) is 24.2. The van der Waals surface area contributed by atoms with E-state index in [1.165, 1.54) is 0 Å². The van der Waals surface area contributed by atoms with Gasteiger partial charge in [-0.15, -0.1) is 0 Å². The molecule has 2 heterocycles. The summed E-state index contributed by atoms with van der Waals surface area (Å²) in [6.07, 6.45) is 0. The number of benzene rings is 5. The molecule has 2 aliphatic rings. The molecule has 0 unspecified atom stereocenters. The van der Waals surface area contributed by atoms with Crippen LogP contribution in [-0.2, 0) is 0 Å². The van der Waals surface area contributed by atoms with E-state index in [1.54, 1.807) is 0 Å². The second-order valence-electron chi connectivity index (χ2n) is 9.35. The summed E-state index contributed by atoms with van der Waals surface area (Å²) in [5, 5.41) is -9.83. The smallest absolute Gasteiger partial charge is 0.264 e. The molecule has 0 radical (unpaired) electrons. The van der Waals surface area contributed by atoms with Crippen molar-refractivity contribution in [1.29, 1.82) is 0 Å². The van der Waals surface area contributed by atoms with Crippen LogP contribution in [0.5, 0.6) is 0 Å². The lowest BCUT2D eigenvalue weighted by molar-refractivity contribution is 0.0628. The van der Waals surface area contributed by atoms with Crippen molar-refractivity contribution in [2.24, 2.45) is 0 Å². The minimum absolute atomic E-state index is 0.153. The molecule has 40 heavy (non-hydrogen) atoms. The Bertz CT molecular complexity index is 1910. The maximum atomic E-state index is 15.8. The first-order chi connectivity index (χ1) is 18.7. The van der Waals surface area contributed by atoms with E-state index >= 15 is 35.1 Å². The predicted molar refractivity (Wildman–Crippen MR) is 120 cm³/mol. The van der Waals surface area contributed by atoms with Crippen molar-refractivity contribution in [2.75, 3.05) is 14.1 Å². The van der Waals surface area contributed by atoms with E-state index in [1.807, 2.05) is 0 Å². The summed E-state index contributed by atoms with van der Waals surface area (Å²) in [4.78, 5) is 51.4. The number of imide groups is 2. The second-order valence-corrected chi connectivity index (χ2v) is 9.35. The number of halogens is 8. The van der Waals surface area contributed by atoms with Crippen LogP contribution in [0.25, 0.3) is 43.1 Å². The summed E-state index contributed by atoms with van der Waals surface area (Å²) in [5.74, 6) is -22.8. The van der Waals surface area contributed by atoms with Crippen molar-refractivity contribution in [2.45, 2.75) is 0 Å². The van der Waals surface area contributed by atoms with Crippen molar-refractivity contribution in [3.8, 4) is 0 Å². The summed E-state index contributed by atoms with van der Waals surface area (Å²) in [7, 11) is 1.52. The van der Waals surface area contributed by atoms with E-state index in [9.17, 15) is 19.2 Å². The Morgan fingerprint density at radius 1 is 0.325 bits per heavy atom. The first-order valence-electron chi connectivity index (χ1n) is 11.1. The first-order valence-corrected chi connectivity index (χ1v) is 11.1. The zero-order valence-corrected chi connectivity index (χ0v) is 19.6. The van der Waals surface area contributed by atoms with Gasteiger partial charge in [0.05, 0.1) is 22.3 Å². The van der Waals surface area contributed by atoms with Crippen LogP contribution >= 0.6 is 0 Å². The Kier molecular flexibility index (Phi) is 4.23. The maximum absolute atomic E-state index is 15.8. The fourth-order valence-electron chi connectivity index (χ4n) is 5.85. The number of carbonyl (C=O) groups is 4. The maximum Gasteiger partial charge on any atom is 0.264 e. The molecule has 6 nitrogen and oxygen atoms in total. The number of nitrogens with zero attached hydrogens (tertiary/aromatic N) is 2. The molecule has 14 heteroatoms. The molecule has 0 N–H and O–H groups in total. The minimum atomic E-state index is -2.10. The molecule has 0 bridgehead atoms.